The summed E-state index contributed by atoms with van der Waals surface area (Å²) >= 11 is 0. The molecule has 0 amide bonds. The predicted octanol–water partition coefficient (Wildman–Crippen LogP) is 0.278. The van der Waals surface area contributed by atoms with Gasteiger partial charge in [0.15, 0.2) is 9.84 Å². The smallest absolute Gasteiger partial charge is 0.171 e. The molecular formula is C5H12NO2S. The first-order valence-corrected chi connectivity index (χ1v) is 4.44. The van der Waals surface area contributed by atoms with Crippen molar-refractivity contribution in [3.63, 3.8) is 0 Å². The average Bonchev–Trinajstić information content (AvgIpc) is 1.86. The Morgan fingerprint density at radius 3 is 2.22 bits per heavy atom. The fourth-order valence-corrected chi connectivity index (χ4v) is 1.10. The van der Waals surface area contributed by atoms with E-state index in [2.05, 4.69) is 0 Å². The maximum absolute atomic E-state index is 10.7. The summed E-state index contributed by atoms with van der Waals surface area (Å²) in [6.07, 6.45) is 0.607. The Kier molecular flexibility index (Phi) is 3.14. The molecule has 0 bridgehead atoms. The second kappa shape index (κ2) is 3.17. The maximum Gasteiger partial charge on any atom is 0.171 e. The topological polar surface area (TPSA) is 60.2 Å². The van der Waals surface area contributed by atoms with Crippen LogP contribution < -0.4 is 5.73 Å². The monoisotopic (exact) mass is 150 g/mol. The highest BCUT2D eigenvalue weighted by Crippen LogP contribution is 2.05. The summed E-state index contributed by atoms with van der Waals surface area (Å²) in [6.45, 7) is 3.45. The normalized spacial score (nSPS) is 15.4. The predicted molar refractivity (Wildman–Crippen MR) is 37.2 cm³/mol. The molecule has 0 aromatic rings. The van der Waals surface area contributed by atoms with Crippen LogP contribution in [0.25, 0.3) is 0 Å². The van der Waals surface area contributed by atoms with E-state index in [0.717, 1.165) is 5.88 Å². The summed E-state index contributed by atoms with van der Waals surface area (Å²) in [5.74, 6) is 0.765. The van der Waals surface area contributed by atoms with Gasteiger partial charge in [-0.15, -0.1) is 0 Å². The Labute approximate surface area is 56.2 Å². The first-order valence-electron chi connectivity index (χ1n) is 2.83. The molecule has 55 valence electrons. The number of nitrogens with two attached hydrogens (primary N) is 1. The Bertz CT molecular complexity index is 162. The minimum Gasteiger partial charge on any atom is -0.313 e. The summed E-state index contributed by atoms with van der Waals surface area (Å²) in [4.78, 5) is 0. The number of rotatable bonds is 3. The van der Waals surface area contributed by atoms with Crippen molar-refractivity contribution in [2.45, 2.75) is 25.5 Å². The van der Waals surface area contributed by atoms with Gasteiger partial charge < -0.3 is 5.73 Å². The molecular weight excluding hydrogens is 138 g/mol. The van der Waals surface area contributed by atoms with Crippen LogP contribution in [0.4, 0.5) is 0 Å². The molecule has 3 nitrogen and oxygen atoms in total. The minimum absolute atomic E-state index is 0.345. The van der Waals surface area contributed by atoms with Crippen molar-refractivity contribution in [3.8, 4) is 0 Å². The zero-order chi connectivity index (χ0) is 7.49. The van der Waals surface area contributed by atoms with Gasteiger partial charge in [0.2, 0.25) is 0 Å². The second-order valence-electron chi connectivity index (χ2n) is 1.94. The zero-order valence-electron chi connectivity index (χ0n) is 5.66. The third kappa shape index (κ3) is 2.32. The summed E-state index contributed by atoms with van der Waals surface area (Å²) < 4.78 is 21.5. The van der Waals surface area contributed by atoms with Crippen LogP contribution in [0.15, 0.2) is 0 Å². The van der Waals surface area contributed by atoms with E-state index in [9.17, 15) is 8.42 Å². The van der Waals surface area contributed by atoms with Crippen LogP contribution >= 0.6 is 0 Å². The van der Waals surface area contributed by atoms with Gasteiger partial charge in [0.1, 0.15) is 5.88 Å². The molecule has 1 radical (unpaired) electrons. The van der Waals surface area contributed by atoms with Gasteiger partial charge in [0, 0.05) is 0 Å². The Morgan fingerprint density at radius 2 is 2.11 bits per heavy atom. The standard InChI is InChI=1S/C5H12NO2S/c1-3-5(2)9(7,8)4-6/h4-5H,3,6H2,1-2H3. The highest BCUT2D eigenvalue weighted by Gasteiger charge is 2.16. The number of hydrogen-bond acceptors (Lipinski definition) is 3. The van der Waals surface area contributed by atoms with Gasteiger partial charge in [-0.25, -0.2) is 8.42 Å². The van der Waals surface area contributed by atoms with Crippen LogP contribution in [0, 0.1) is 5.88 Å². The van der Waals surface area contributed by atoms with Crippen molar-refractivity contribution in [2.24, 2.45) is 5.73 Å². The molecule has 2 N–H and O–H groups in total. The molecule has 0 fully saturated rings. The average molecular weight is 150 g/mol. The highest BCUT2D eigenvalue weighted by atomic mass is 32.2. The molecule has 0 spiro atoms. The molecule has 0 saturated carbocycles. The van der Waals surface area contributed by atoms with Gasteiger partial charge in [-0.1, -0.05) is 6.92 Å². The van der Waals surface area contributed by atoms with Crippen molar-refractivity contribution >= 4 is 9.84 Å². The summed E-state index contributed by atoms with van der Waals surface area (Å²) in [7, 11) is -3.10. The lowest BCUT2D eigenvalue weighted by atomic mass is 10.4. The van der Waals surface area contributed by atoms with Crippen molar-refractivity contribution in [3.05, 3.63) is 5.88 Å². The summed E-state index contributed by atoms with van der Waals surface area (Å²) in [5, 5.41) is -0.345. The summed E-state index contributed by atoms with van der Waals surface area (Å²) in [6, 6.07) is 0. The van der Waals surface area contributed by atoms with Crippen LogP contribution in [0.1, 0.15) is 20.3 Å². The fraction of sp³-hybridized carbons (Fsp3) is 0.800. The molecule has 0 saturated heterocycles. The van der Waals surface area contributed by atoms with Crippen molar-refractivity contribution in [1.29, 1.82) is 0 Å². The van der Waals surface area contributed by atoms with Crippen LogP contribution in [-0.2, 0) is 9.84 Å². The number of sulfone groups is 1. The van der Waals surface area contributed by atoms with E-state index in [1.54, 1.807) is 6.92 Å². The van der Waals surface area contributed by atoms with E-state index in [-0.39, 0.29) is 5.25 Å². The lowest BCUT2D eigenvalue weighted by Crippen LogP contribution is -2.20. The van der Waals surface area contributed by atoms with Crippen molar-refractivity contribution in [2.75, 3.05) is 0 Å². The largest absolute Gasteiger partial charge is 0.313 e. The molecule has 0 heterocycles. The summed E-state index contributed by atoms with van der Waals surface area (Å²) in [5.41, 5.74) is 4.87. The Hall–Kier alpha value is -0.0900. The Balaban J connectivity index is 4.17. The third-order valence-electron chi connectivity index (χ3n) is 1.33. The maximum atomic E-state index is 10.7. The highest BCUT2D eigenvalue weighted by molar-refractivity contribution is 7.93. The van der Waals surface area contributed by atoms with Crippen LogP contribution in [-0.4, -0.2) is 13.7 Å². The third-order valence-corrected chi connectivity index (χ3v) is 3.16. The quantitative estimate of drug-likeness (QED) is 0.628. The van der Waals surface area contributed by atoms with Crippen LogP contribution in [0.5, 0.6) is 0 Å². The molecule has 0 aliphatic carbocycles. The zero-order valence-corrected chi connectivity index (χ0v) is 6.48. The molecule has 0 aliphatic heterocycles. The first-order chi connectivity index (χ1) is 4.04. The lowest BCUT2D eigenvalue weighted by Gasteiger charge is -2.05. The minimum atomic E-state index is -3.10. The van der Waals surface area contributed by atoms with Crippen LogP contribution in [0.2, 0.25) is 0 Å². The van der Waals surface area contributed by atoms with Gasteiger partial charge in [0.25, 0.3) is 0 Å². The second-order valence-corrected chi connectivity index (χ2v) is 4.20. The van der Waals surface area contributed by atoms with Crippen molar-refractivity contribution in [1.82, 2.24) is 0 Å². The molecule has 1 unspecified atom stereocenters. The molecule has 0 aromatic heterocycles. The van der Waals surface area contributed by atoms with E-state index < -0.39 is 9.84 Å². The van der Waals surface area contributed by atoms with Crippen LogP contribution in [0.3, 0.4) is 0 Å². The molecule has 0 aromatic carbocycles. The van der Waals surface area contributed by atoms with E-state index in [1.807, 2.05) is 6.92 Å². The van der Waals surface area contributed by atoms with Gasteiger partial charge in [0.05, 0.1) is 5.25 Å². The fourth-order valence-electron chi connectivity index (χ4n) is 0.366. The van der Waals surface area contributed by atoms with Gasteiger partial charge >= 0.3 is 0 Å². The lowest BCUT2D eigenvalue weighted by molar-refractivity contribution is 0.586. The Morgan fingerprint density at radius 1 is 1.67 bits per heavy atom. The van der Waals surface area contributed by atoms with Crippen molar-refractivity contribution < 1.29 is 8.42 Å². The SMILES string of the molecule is CCC(C)S(=O)(=O)[CH]N. The van der Waals surface area contributed by atoms with E-state index in [1.165, 1.54) is 0 Å². The van der Waals surface area contributed by atoms with E-state index in [4.69, 9.17) is 5.73 Å². The molecule has 1 atom stereocenters. The first kappa shape index (κ1) is 8.91. The van der Waals surface area contributed by atoms with E-state index in [0.29, 0.717) is 6.42 Å². The van der Waals surface area contributed by atoms with E-state index >= 15 is 0 Å². The molecule has 9 heavy (non-hydrogen) atoms. The van der Waals surface area contributed by atoms with Gasteiger partial charge in [-0.2, -0.15) is 0 Å². The van der Waals surface area contributed by atoms with Gasteiger partial charge in [-0.05, 0) is 13.3 Å². The van der Waals surface area contributed by atoms with Gasteiger partial charge in [-0.3, -0.25) is 0 Å². The number of hydrogen-bond donors (Lipinski definition) is 1. The molecule has 0 aliphatic rings. The molecule has 4 heteroatoms. The molecule has 0 rings (SSSR count).